The van der Waals surface area contributed by atoms with Gasteiger partial charge in [0.15, 0.2) is 0 Å². The van der Waals surface area contributed by atoms with Crippen molar-refractivity contribution in [2.75, 3.05) is 0 Å². The molecule has 0 bridgehead atoms. The quantitative estimate of drug-likeness (QED) is 0.331. The molecule has 0 aliphatic rings. The van der Waals surface area contributed by atoms with Crippen LogP contribution in [0.2, 0.25) is 0 Å². The largest absolute Gasteiger partial charge is 0.0851 e. The summed E-state index contributed by atoms with van der Waals surface area (Å²) in [5.74, 6) is 0.892. The lowest BCUT2D eigenvalue weighted by molar-refractivity contribution is 0.458. The number of allylic oxidation sites excluding steroid dienone is 2. The highest BCUT2D eigenvalue weighted by atomic mass is 14.2. The first kappa shape index (κ1) is 17.7. The molecule has 0 heterocycles. The van der Waals surface area contributed by atoms with E-state index in [1.54, 1.807) is 5.57 Å². The van der Waals surface area contributed by atoms with Gasteiger partial charge in [0.1, 0.15) is 0 Å². The van der Waals surface area contributed by atoms with Crippen LogP contribution in [0.5, 0.6) is 0 Å². The molecule has 0 radical (unpaired) electrons. The first-order valence-corrected chi connectivity index (χ1v) is 8.48. The predicted molar refractivity (Wildman–Crippen MR) is 85.1 cm³/mol. The van der Waals surface area contributed by atoms with Gasteiger partial charge in [-0.1, -0.05) is 77.9 Å². The molecule has 0 unspecified atom stereocenters. The van der Waals surface area contributed by atoms with E-state index in [9.17, 15) is 0 Å². The zero-order chi connectivity index (χ0) is 13.6. The lowest BCUT2D eigenvalue weighted by atomic mass is 9.85. The molecule has 0 N–H and O–H groups in total. The third kappa shape index (κ3) is 8.78. The van der Waals surface area contributed by atoms with Crippen molar-refractivity contribution >= 4 is 0 Å². The van der Waals surface area contributed by atoms with Crippen LogP contribution in [0.3, 0.4) is 0 Å². The van der Waals surface area contributed by atoms with Gasteiger partial charge < -0.3 is 0 Å². The maximum atomic E-state index is 2.58. The molecule has 0 saturated carbocycles. The van der Waals surface area contributed by atoms with Gasteiger partial charge in [0.05, 0.1) is 0 Å². The third-order valence-corrected chi connectivity index (χ3v) is 3.85. The number of hydrogen-bond donors (Lipinski definition) is 0. The monoisotopic (exact) mass is 252 g/mol. The first-order valence-electron chi connectivity index (χ1n) is 8.48. The van der Waals surface area contributed by atoms with E-state index in [1.165, 1.54) is 70.6 Å². The van der Waals surface area contributed by atoms with Crippen molar-refractivity contribution in [3.05, 3.63) is 11.6 Å². The summed E-state index contributed by atoms with van der Waals surface area (Å²) < 4.78 is 0. The Morgan fingerprint density at radius 1 is 0.778 bits per heavy atom. The van der Waals surface area contributed by atoms with Gasteiger partial charge in [-0.15, -0.1) is 0 Å². The summed E-state index contributed by atoms with van der Waals surface area (Å²) >= 11 is 0. The van der Waals surface area contributed by atoms with Crippen molar-refractivity contribution in [1.29, 1.82) is 0 Å². The summed E-state index contributed by atoms with van der Waals surface area (Å²) in [6, 6.07) is 0. The minimum absolute atomic E-state index is 0.892. The highest BCUT2D eigenvalue weighted by Crippen LogP contribution is 2.28. The summed E-state index contributed by atoms with van der Waals surface area (Å²) in [5.41, 5.74) is 1.79. The second kappa shape index (κ2) is 13.2. The maximum Gasteiger partial charge on any atom is -0.0203 e. The average molecular weight is 252 g/mol. The topological polar surface area (TPSA) is 0 Å². The summed E-state index contributed by atoms with van der Waals surface area (Å²) in [6.07, 6.45) is 17.6. The number of hydrogen-bond acceptors (Lipinski definition) is 0. The molecule has 0 aromatic carbocycles. The molecular weight excluding hydrogens is 216 g/mol. The molecule has 0 aromatic heterocycles. The molecule has 0 spiro atoms. The molecule has 0 nitrogen and oxygen atoms in total. The van der Waals surface area contributed by atoms with Crippen molar-refractivity contribution in [3.8, 4) is 0 Å². The summed E-state index contributed by atoms with van der Waals surface area (Å²) in [5, 5.41) is 0. The Hall–Kier alpha value is -0.260. The Kier molecular flexibility index (Phi) is 13.0. The van der Waals surface area contributed by atoms with Crippen molar-refractivity contribution in [1.82, 2.24) is 0 Å². The van der Waals surface area contributed by atoms with Crippen LogP contribution < -0.4 is 0 Å². The molecule has 108 valence electrons. The number of unbranched alkanes of at least 4 members (excludes halogenated alkanes) is 4. The van der Waals surface area contributed by atoms with Crippen molar-refractivity contribution < 1.29 is 0 Å². The van der Waals surface area contributed by atoms with E-state index < -0.39 is 0 Å². The maximum absolute atomic E-state index is 2.58. The lowest BCUT2D eigenvalue weighted by Gasteiger charge is -2.21. The van der Waals surface area contributed by atoms with Crippen LogP contribution in [0.4, 0.5) is 0 Å². The van der Waals surface area contributed by atoms with Crippen LogP contribution in [0.15, 0.2) is 11.6 Å². The van der Waals surface area contributed by atoms with E-state index in [0.29, 0.717) is 0 Å². The smallest absolute Gasteiger partial charge is 0.0203 e. The van der Waals surface area contributed by atoms with E-state index in [2.05, 4.69) is 33.8 Å². The van der Waals surface area contributed by atoms with Crippen LogP contribution in [0.1, 0.15) is 98.3 Å². The van der Waals surface area contributed by atoms with Crippen LogP contribution in [0.25, 0.3) is 0 Å². The molecule has 0 fully saturated rings. The fraction of sp³-hybridized carbons (Fsp3) is 0.889. The Morgan fingerprint density at radius 3 is 1.78 bits per heavy atom. The molecule has 0 aromatic rings. The second-order valence-corrected chi connectivity index (χ2v) is 5.65. The Morgan fingerprint density at radius 2 is 1.33 bits per heavy atom. The summed E-state index contributed by atoms with van der Waals surface area (Å²) in [7, 11) is 0. The Bertz CT molecular complexity index is 182. The van der Waals surface area contributed by atoms with Gasteiger partial charge in [-0.3, -0.25) is 0 Å². The minimum Gasteiger partial charge on any atom is -0.0851 e. The first-order chi connectivity index (χ1) is 8.79. The van der Waals surface area contributed by atoms with Gasteiger partial charge in [0.2, 0.25) is 0 Å². The fourth-order valence-corrected chi connectivity index (χ4v) is 2.60. The fourth-order valence-electron chi connectivity index (χ4n) is 2.60. The highest BCUT2D eigenvalue weighted by Gasteiger charge is 2.12. The normalized spacial score (nSPS) is 12.4. The van der Waals surface area contributed by atoms with E-state index in [-0.39, 0.29) is 0 Å². The zero-order valence-electron chi connectivity index (χ0n) is 13.4. The van der Waals surface area contributed by atoms with Gasteiger partial charge in [-0.2, -0.15) is 0 Å². The lowest BCUT2D eigenvalue weighted by Crippen LogP contribution is -2.05. The molecule has 0 aliphatic carbocycles. The van der Waals surface area contributed by atoms with Crippen LogP contribution >= 0.6 is 0 Å². The Labute approximate surface area is 116 Å². The van der Waals surface area contributed by atoms with Crippen LogP contribution in [-0.2, 0) is 0 Å². The van der Waals surface area contributed by atoms with E-state index in [1.807, 2.05) is 0 Å². The predicted octanol–water partition coefficient (Wildman–Crippen LogP) is 6.90. The molecule has 0 aliphatic heterocycles. The molecule has 0 saturated heterocycles. The van der Waals surface area contributed by atoms with Crippen LogP contribution in [0, 0.1) is 5.92 Å². The summed E-state index contributed by atoms with van der Waals surface area (Å²) in [6.45, 7) is 9.24. The van der Waals surface area contributed by atoms with Gasteiger partial charge in [0.25, 0.3) is 0 Å². The minimum atomic E-state index is 0.892. The van der Waals surface area contributed by atoms with Crippen molar-refractivity contribution in [3.63, 3.8) is 0 Å². The number of rotatable bonds is 12. The standard InChI is InChI=1S/C18H36/c1-5-9-13-17(14-10-6-2)18(15-11-7-3)16-12-8-4/h13,18H,5-12,14-16H2,1-4H3/b17-13+. The third-order valence-electron chi connectivity index (χ3n) is 3.85. The molecule has 18 heavy (non-hydrogen) atoms. The SMILES string of the molecule is CCC/C=C(\CCCC)C(CCCC)CCCC. The van der Waals surface area contributed by atoms with Crippen molar-refractivity contribution in [2.45, 2.75) is 98.3 Å². The molecule has 0 rings (SSSR count). The zero-order valence-corrected chi connectivity index (χ0v) is 13.4. The van der Waals surface area contributed by atoms with E-state index >= 15 is 0 Å². The summed E-state index contributed by atoms with van der Waals surface area (Å²) in [4.78, 5) is 0. The van der Waals surface area contributed by atoms with Gasteiger partial charge in [-0.25, -0.2) is 0 Å². The van der Waals surface area contributed by atoms with Gasteiger partial charge in [0, 0.05) is 0 Å². The molecule has 0 atom stereocenters. The second-order valence-electron chi connectivity index (χ2n) is 5.65. The van der Waals surface area contributed by atoms with Gasteiger partial charge in [-0.05, 0) is 38.0 Å². The van der Waals surface area contributed by atoms with E-state index in [4.69, 9.17) is 0 Å². The highest BCUT2D eigenvalue weighted by molar-refractivity contribution is 5.07. The van der Waals surface area contributed by atoms with Crippen LogP contribution in [-0.4, -0.2) is 0 Å². The van der Waals surface area contributed by atoms with Crippen molar-refractivity contribution in [2.24, 2.45) is 5.92 Å². The molecular formula is C18H36. The van der Waals surface area contributed by atoms with Gasteiger partial charge >= 0.3 is 0 Å². The Balaban J connectivity index is 4.47. The molecule has 0 heteroatoms. The molecule has 0 amide bonds. The average Bonchev–Trinajstić information content (AvgIpc) is 2.40. The van der Waals surface area contributed by atoms with E-state index in [0.717, 1.165) is 5.92 Å².